The van der Waals surface area contributed by atoms with E-state index in [0.717, 1.165) is 37.5 Å². The van der Waals surface area contributed by atoms with Gasteiger partial charge in [0.05, 0.1) is 0 Å². The fourth-order valence-electron chi connectivity index (χ4n) is 4.11. The first-order valence-electron chi connectivity index (χ1n) is 9.12. The van der Waals surface area contributed by atoms with Crippen LogP contribution in [0, 0.1) is 11.8 Å². The molecule has 0 unspecified atom stereocenters. The fourth-order valence-corrected chi connectivity index (χ4v) is 4.63. The molecule has 2 saturated carbocycles. The highest BCUT2D eigenvalue weighted by atomic mass is 32.1. The van der Waals surface area contributed by atoms with Crippen molar-refractivity contribution in [3.05, 3.63) is 11.6 Å². The molecule has 128 valence electrons. The summed E-state index contributed by atoms with van der Waals surface area (Å²) < 4.78 is 0. The molecule has 1 aromatic heterocycles. The van der Waals surface area contributed by atoms with Gasteiger partial charge in [-0.3, -0.25) is 5.32 Å². The summed E-state index contributed by atoms with van der Waals surface area (Å²) in [6.45, 7) is 4.66. The number of hydrogen-bond donors (Lipinski definition) is 1. The predicted molar refractivity (Wildman–Crippen MR) is 95.8 cm³/mol. The second-order valence-electron chi connectivity index (χ2n) is 7.50. The highest BCUT2D eigenvalue weighted by molar-refractivity contribution is 7.13. The van der Waals surface area contributed by atoms with Crippen molar-refractivity contribution < 1.29 is 4.79 Å². The van der Waals surface area contributed by atoms with E-state index in [1.165, 1.54) is 37.0 Å². The van der Waals surface area contributed by atoms with Crippen LogP contribution in [0.3, 0.4) is 0 Å². The standard InChI is InChI=1S/C18H29N3OS/c1-13-3-7-15(8-4-13)21(16-9-5-14(2)6-10-16)18(22)20-17-19-11-12-23-17/h11-16H,3-10H2,1-2H3,(H,19,20,22). The molecule has 0 aliphatic heterocycles. The lowest BCUT2D eigenvalue weighted by atomic mass is 9.82. The van der Waals surface area contributed by atoms with Crippen LogP contribution in [-0.2, 0) is 0 Å². The summed E-state index contributed by atoms with van der Waals surface area (Å²) in [5.41, 5.74) is 0. The van der Waals surface area contributed by atoms with Gasteiger partial charge in [-0.05, 0) is 63.2 Å². The minimum Gasteiger partial charge on any atom is -0.319 e. The Kier molecular flexibility index (Phi) is 5.57. The van der Waals surface area contributed by atoms with Crippen molar-refractivity contribution in [1.82, 2.24) is 9.88 Å². The number of amides is 2. The zero-order chi connectivity index (χ0) is 16.2. The molecule has 0 spiro atoms. The quantitative estimate of drug-likeness (QED) is 0.832. The van der Waals surface area contributed by atoms with Crippen molar-refractivity contribution in [3.8, 4) is 0 Å². The lowest BCUT2D eigenvalue weighted by Crippen LogP contribution is -2.51. The van der Waals surface area contributed by atoms with Crippen molar-refractivity contribution in [2.24, 2.45) is 11.8 Å². The van der Waals surface area contributed by atoms with Crippen molar-refractivity contribution in [2.45, 2.75) is 77.3 Å². The molecule has 1 heterocycles. The van der Waals surface area contributed by atoms with E-state index in [4.69, 9.17) is 0 Å². The largest absolute Gasteiger partial charge is 0.324 e. The Morgan fingerprint density at radius 3 is 2.00 bits per heavy atom. The molecule has 0 atom stereocenters. The first kappa shape index (κ1) is 16.7. The Labute approximate surface area is 143 Å². The Morgan fingerprint density at radius 1 is 1.04 bits per heavy atom. The van der Waals surface area contributed by atoms with Crippen LogP contribution in [0.4, 0.5) is 9.93 Å². The molecule has 0 aromatic carbocycles. The first-order chi connectivity index (χ1) is 11.1. The third kappa shape index (κ3) is 4.25. The number of rotatable bonds is 3. The summed E-state index contributed by atoms with van der Waals surface area (Å²) in [4.78, 5) is 19.4. The SMILES string of the molecule is CC1CCC(N(C(=O)Nc2nccs2)C2CCC(C)CC2)CC1. The summed E-state index contributed by atoms with van der Waals surface area (Å²) in [6.07, 6.45) is 11.3. The summed E-state index contributed by atoms with van der Waals surface area (Å²) in [6, 6.07) is 0.883. The Morgan fingerprint density at radius 2 is 1.57 bits per heavy atom. The molecule has 1 N–H and O–H groups in total. The number of carbonyl (C=O) groups is 1. The van der Waals surface area contributed by atoms with E-state index in [9.17, 15) is 4.79 Å². The Balaban J connectivity index is 1.71. The Bertz CT molecular complexity index is 466. The van der Waals surface area contributed by atoms with Crippen molar-refractivity contribution >= 4 is 22.5 Å². The lowest BCUT2D eigenvalue weighted by Gasteiger charge is -2.43. The lowest BCUT2D eigenvalue weighted by molar-refractivity contribution is 0.0975. The van der Waals surface area contributed by atoms with Crippen LogP contribution in [0.2, 0.25) is 0 Å². The monoisotopic (exact) mass is 335 g/mol. The van der Waals surface area contributed by atoms with Gasteiger partial charge < -0.3 is 4.90 Å². The second-order valence-corrected chi connectivity index (χ2v) is 8.40. The number of nitrogens with zero attached hydrogens (tertiary/aromatic N) is 2. The number of hydrogen-bond acceptors (Lipinski definition) is 3. The molecule has 5 heteroatoms. The van der Waals surface area contributed by atoms with Gasteiger partial charge in [-0.15, -0.1) is 11.3 Å². The Hall–Kier alpha value is -1.10. The van der Waals surface area contributed by atoms with Crippen LogP contribution in [-0.4, -0.2) is 28.0 Å². The van der Waals surface area contributed by atoms with Gasteiger partial charge in [0.25, 0.3) is 0 Å². The number of anilines is 1. The number of urea groups is 1. The minimum atomic E-state index is 0.0686. The molecule has 0 saturated heterocycles. The zero-order valence-corrected chi connectivity index (χ0v) is 15.1. The van der Waals surface area contributed by atoms with Gasteiger partial charge in [-0.1, -0.05) is 13.8 Å². The van der Waals surface area contributed by atoms with Gasteiger partial charge in [-0.2, -0.15) is 0 Å². The molecule has 2 aliphatic carbocycles. The molecular weight excluding hydrogens is 306 g/mol. The minimum absolute atomic E-state index is 0.0686. The molecule has 3 rings (SSSR count). The van der Waals surface area contributed by atoms with E-state index in [2.05, 4.69) is 29.0 Å². The number of thiazole rings is 1. The maximum atomic E-state index is 13.0. The highest BCUT2D eigenvalue weighted by Crippen LogP contribution is 2.34. The molecule has 2 fully saturated rings. The normalized spacial score (nSPS) is 31.6. The van der Waals surface area contributed by atoms with Gasteiger partial charge in [-0.25, -0.2) is 9.78 Å². The number of carbonyl (C=O) groups excluding carboxylic acids is 1. The van der Waals surface area contributed by atoms with Crippen molar-refractivity contribution in [3.63, 3.8) is 0 Å². The number of aromatic nitrogens is 1. The summed E-state index contributed by atoms with van der Waals surface area (Å²) in [5, 5.41) is 5.66. The third-order valence-electron chi connectivity index (χ3n) is 5.64. The fraction of sp³-hybridized carbons (Fsp3) is 0.778. The van der Waals surface area contributed by atoms with E-state index < -0.39 is 0 Å². The van der Waals surface area contributed by atoms with Crippen LogP contribution in [0.1, 0.15) is 65.2 Å². The molecular formula is C18H29N3OS. The molecule has 4 nitrogen and oxygen atoms in total. The predicted octanol–water partition coefficient (Wildman–Crippen LogP) is 5.13. The van der Waals surface area contributed by atoms with E-state index in [1.807, 2.05) is 5.38 Å². The first-order valence-corrected chi connectivity index (χ1v) is 10.00. The summed E-state index contributed by atoms with van der Waals surface area (Å²) in [7, 11) is 0. The van der Waals surface area contributed by atoms with Gasteiger partial charge in [0.2, 0.25) is 0 Å². The average Bonchev–Trinajstić information content (AvgIpc) is 3.04. The zero-order valence-electron chi connectivity index (χ0n) is 14.3. The molecule has 0 bridgehead atoms. The van der Waals surface area contributed by atoms with Crippen LogP contribution in [0.25, 0.3) is 0 Å². The maximum absolute atomic E-state index is 13.0. The maximum Gasteiger partial charge on any atom is 0.324 e. The van der Waals surface area contributed by atoms with Crippen LogP contribution < -0.4 is 5.32 Å². The van der Waals surface area contributed by atoms with Gasteiger partial charge in [0, 0.05) is 23.7 Å². The number of nitrogens with one attached hydrogen (secondary N) is 1. The molecule has 0 radical (unpaired) electrons. The molecule has 2 aliphatic rings. The topological polar surface area (TPSA) is 45.2 Å². The summed E-state index contributed by atoms with van der Waals surface area (Å²) in [5.74, 6) is 1.61. The van der Waals surface area contributed by atoms with Gasteiger partial charge >= 0.3 is 6.03 Å². The van der Waals surface area contributed by atoms with Gasteiger partial charge in [0.1, 0.15) is 0 Å². The smallest absolute Gasteiger partial charge is 0.319 e. The van der Waals surface area contributed by atoms with Crippen molar-refractivity contribution in [2.75, 3.05) is 5.32 Å². The van der Waals surface area contributed by atoms with Crippen LogP contribution in [0.15, 0.2) is 11.6 Å². The molecule has 23 heavy (non-hydrogen) atoms. The van der Waals surface area contributed by atoms with E-state index >= 15 is 0 Å². The second kappa shape index (κ2) is 7.65. The van der Waals surface area contributed by atoms with Crippen molar-refractivity contribution in [1.29, 1.82) is 0 Å². The summed E-state index contributed by atoms with van der Waals surface area (Å²) >= 11 is 1.49. The molecule has 1 aromatic rings. The van der Waals surface area contributed by atoms with E-state index in [-0.39, 0.29) is 6.03 Å². The average molecular weight is 336 g/mol. The van der Waals surface area contributed by atoms with E-state index in [1.54, 1.807) is 6.20 Å². The van der Waals surface area contributed by atoms with Gasteiger partial charge in [0.15, 0.2) is 5.13 Å². The highest BCUT2D eigenvalue weighted by Gasteiger charge is 2.34. The molecule has 2 amide bonds. The van der Waals surface area contributed by atoms with Crippen LogP contribution >= 0.6 is 11.3 Å². The van der Waals surface area contributed by atoms with E-state index in [0.29, 0.717) is 17.2 Å². The van der Waals surface area contributed by atoms with Crippen LogP contribution in [0.5, 0.6) is 0 Å². The third-order valence-corrected chi connectivity index (χ3v) is 6.33.